The highest BCUT2D eigenvalue weighted by Crippen LogP contribution is 2.34. The highest BCUT2D eigenvalue weighted by molar-refractivity contribution is 6.11. The fourth-order valence-corrected chi connectivity index (χ4v) is 3.91. The monoisotopic (exact) mass is 420 g/mol. The van der Waals surface area contributed by atoms with Crippen LogP contribution < -0.4 is 19.5 Å². The lowest BCUT2D eigenvalue weighted by atomic mass is 10.1. The smallest absolute Gasteiger partial charge is 0.129 e. The second-order valence-electron chi connectivity index (χ2n) is 7.50. The van der Waals surface area contributed by atoms with Crippen LogP contribution in [0.1, 0.15) is 5.56 Å². The molecule has 0 bridgehead atoms. The average molecular weight is 421 g/mol. The first-order valence-corrected chi connectivity index (χ1v) is 10.3. The number of rotatable bonds is 9. The van der Waals surface area contributed by atoms with Gasteiger partial charge in [-0.2, -0.15) is 0 Å². The van der Waals surface area contributed by atoms with E-state index in [1.54, 1.807) is 14.2 Å². The minimum Gasteiger partial charge on any atom is -0.497 e. The van der Waals surface area contributed by atoms with Gasteiger partial charge in [0.1, 0.15) is 30.0 Å². The Labute approximate surface area is 182 Å². The maximum Gasteiger partial charge on any atom is 0.129 e. The minimum atomic E-state index is -0.644. The number of fused-ring (bicyclic) bond motifs is 3. The standard InChI is InChI=1S/C25H28N2O4/c1-27-21-8-5-4-7-20(21)25-22(27)9-6-10-23(25)31-16-18(28)15-26-14-17-11-12-19(29-2)13-24(17)30-3/h4-13,18,26,28H,14-16H2,1-3H3. The Hall–Kier alpha value is -3.22. The van der Waals surface area contributed by atoms with Gasteiger partial charge in [0.2, 0.25) is 0 Å². The number of nitrogens with one attached hydrogen (secondary N) is 1. The fraction of sp³-hybridized carbons (Fsp3) is 0.280. The lowest BCUT2D eigenvalue weighted by Gasteiger charge is -2.15. The van der Waals surface area contributed by atoms with E-state index >= 15 is 0 Å². The van der Waals surface area contributed by atoms with Crippen LogP contribution in [0.2, 0.25) is 0 Å². The summed E-state index contributed by atoms with van der Waals surface area (Å²) in [6, 6.07) is 20.0. The van der Waals surface area contributed by atoms with Gasteiger partial charge in [-0.15, -0.1) is 0 Å². The first kappa shape index (κ1) is 21.0. The summed E-state index contributed by atoms with van der Waals surface area (Å²) in [7, 11) is 5.32. The molecule has 3 aromatic carbocycles. The molecule has 0 aliphatic heterocycles. The summed E-state index contributed by atoms with van der Waals surface area (Å²) in [6.07, 6.45) is -0.644. The van der Waals surface area contributed by atoms with Crippen molar-refractivity contribution in [2.75, 3.05) is 27.4 Å². The minimum absolute atomic E-state index is 0.203. The van der Waals surface area contributed by atoms with Crippen molar-refractivity contribution in [3.05, 3.63) is 66.2 Å². The summed E-state index contributed by atoms with van der Waals surface area (Å²) >= 11 is 0. The van der Waals surface area contributed by atoms with Crippen LogP contribution >= 0.6 is 0 Å². The van der Waals surface area contributed by atoms with E-state index in [9.17, 15) is 5.11 Å². The van der Waals surface area contributed by atoms with Gasteiger partial charge in [-0.3, -0.25) is 0 Å². The number of methoxy groups -OCH3 is 2. The number of aromatic nitrogens is 1. The van der Waals surface area contributed by atoms with Crippen LogP contribution in [0, 0.1) is 0 Å². The van der Waals surface area contributed by atoms with Crippen molar-refractivity contribution in [1.29, 1.82) is 0 Å². The number of hydrogen-bond donors (Lipinski definition) is 2. The highest BCUT2D eigenvalue weighted by atomic mass is 16.5. The molecule has 0 aliphatic rings. The lowest BCUT2D eigenvalue weighted by Crippen LogP contribution is -2.31. The van der Waals surface area contributed by atoms with Gasteiger partial charge in [0.05, 0.1) is 19.7 Å². The molecule has 6 nitrogen and oxygen atoms in total. The van der Waals surface area contributed by atoms with Gasteiger partial charge in [-0.05, 0) is 24.3 Å². The Balaban J connectivity index is 1.39. The fourth-order valence-electron chi connectivity index (χ4n) is 3.91. The molecule has 0 saturated heterocycles. The summed E-state index contributed by atoms with van der Waals surface area (Å²) in [5.41, 5.74) is 3.26. The van der Waals surface area contributed by atoms with Crippen LogP contribution in [0.4, 0.5) is 0 Å². The summed E-state index contributed by atoms with van der Waals surface area (Å²) in [5.74, 6) is 2.28. The van der Waals surface area contributed by atoms with E-state index in [2.05, 4.69) is 35.1 Å². The molecule has 0 amide bonds. The van der Waals surface area contributed by atoms with Crippen molar-refractivity contribution >= 4 is 21.8 Å². The molecule has 1 heterocycles. The van der Waals surface area contributed by atoms with Crippen molar-refractivity contribution in [1.82, 2.24) is 9.88 Å². The summed E-state index contributed by atoms with van der Waals surface area (Å²) in [5, 5.41) is 15.9. The molecule has 6 heteroatoms. The van der Waals surface area contributed by atoms with E-state index in [1.807, 2.05) is 42.5 Å². The van der Waals surface area contributed by atoms with Crippen LogP contribution in [-0.4, -0.2) is 43.1 Å². The molecule has 4 aromatic rings. The predicted molar refractivity (Wildman–Crippen MR) is 123 cm³/mol. The Morgan fingerprint density at radius 2 is 1.74 bits per heavy atom. The summed E-state index contributed by atoms with van der Waals surface area (Å²) in [4.78, 5) is 0. The van der Waals surface area contributed by atoms with E-state index in [0.29, 0.717) is 13.1 Å². The van der Waals surface area contributed by atoms with E-state index < -0.39 is 6.10 Å². The zero-order valence-corrected chi connectivity index (χ0v) is 18.1. The largest absolute Gasteiger partial charge is 0.497 e. The van der Waals surface area contributed by atoms with Gasteiger partial charge < -0.3 is 29.2 Å². The van der Waals surface area contributed by atoms with Crippen molar-refractivity contribution in [2.45, 2.75) is 12.6 Å². The number of aliphatic hydroxyl groups excluding tert-OH is 1. The number of aryl methyl sites for hydroxylation is 1. The first-order valence-electron chi connectivity index (χ1n) is 10.3. The van der Waals surface area contributed by atoms with Crippen molar-refractivity contribution in [2.24, 2.45) is 7.05 Å². The van der Waals surface area contributed by atoms with E-state index in [1.165, 1.54) is 0 Å². The van der Waals surface area contributed by atoms with Gasteiger partial charge in [-0.1, -0.05) is 30.3 Å². The Morgan fingerprint density at radius 1 is 0.935 bits per heavy atom. The number of ether oxygens (including phenoxy) is 3. The molecule has 0 fully saturated rings. The number of para-hydroxylation sites is 1. The highest BCUT2D eigenvalue weighted by Gasteiger charge is 2.14. The third-order valence-electron chi connectivity index (χ3n) is 5.52. The molecule has 0 saturated carbocycles. The quantitative estimate of drug-likeness (QED) is 0.430. The third-order valence-corrected chi connectivity index (χ3v) is 5.52. The van der Waals surface area contributed by atoms with Crippen molar-refractivity contribution < 1.29 is 19.3 Å². The molecule has 2 N–H and O–H groups in total. The first-order chi connectivity index (χ1) is 15.1. The van der Waals surface area contributed by atoms with E-state index in [0.717, 1.165) is 44.6 Å². The zero-order chi connectivity index (χ0) is 21.8. The van der Waals surface area contributed by atoms with E-state index in [-0.39, 0.29) is 6.61 Å². The lowest BCUT2D eigenvalue weighted by molar-refractivity contribution is 0.107. The van der Waals surface area contributed by atoms with Crippen molar-refractivity contribution in [3.8, 4) is 17.2 Å². The Kier molecular flexibility index (Phi) is 6.30. The SMILES string of the molecule is COc1ccc(CNCC(O)COc2cccc3c2c2ccccc2n3C)c(OC)c1. The number of nitrogens with zero attached hydrogens (tertiary/aromatic N) is 1. The topological polar surface area (TPSA) is 64.9 Å². The third kappa shape index (κ3) is 4.31. The van der Waals surface area contributed by atoms with Crippen molar-refractivity contribution in [3.63, 3.8) is 0 Å². The molecule has 162 valence electrons. The van der Waals surface area contributed by atoms with Crippen LogP contribution in [0.3, 0.4) is 0 Å². The van der Waals surface area contributed by atoms with Gasteiger partial charge in [0, 0.05) is 48.1 Å². The maximum atomic E-state index is 10.4. The van der Waals surface area contributed by atoms with Crippen LogP contribution in [0.25, 0.3) is 21.8 Å². The van der Waals surface area contributed by atoms with Gasteiger partial charge in [-0.25, -0.2) is 0 Å². The van der Waals surface area contributed by atoms with E-state index in [4.69, 9.17) is 14.2 Å². The molecule has 1 atom stereocenters. The summed E-state index contributed by atoms with van der Waals surface area (Å²) < 4.78 is 18.8. The van der Waals surface area contributed by atoms with Crippen LogP contribution in [-0.2, 0) is 13.6 Å². The second kappa shape index (κ2) is 9.29. The molecule has 0 spiro atoms. The van der Waals surface area contributed by atoms with Gasteiger partial charge in [0.25, 0.3) is 0 Å². The summed E-state index contributed by atoms with van der Waals surface area (Å²) in [6.45, 7) is 1.18. The maximum absolute atomic E-state index is 10.4. The molecule has 1 aromatic heterocycles. The number of hydrogen-bond acceptors (Lipinski definition) is 5. The second-order valence-corrected chi connectivity index (χ2v) is 7.50. The molecule has 1 unspecified atom stereocenters. The van der Waals surface area contributed by atoms with Crippen LogP contribution in [0.15, 0.2) is 60.7 Å². The Morgan fingerprint density at radius 3 is 2.55 bits per heavy atom. The van der Waals surface area contributed by atoms with Gasteiger partial charge >= 0.3 is 0 Å². The molecular formula is C25H28N2O4. The molecular weight excluding hydrogens is 392 g/mol. The molecule has 31 heavy (non-hydrogen) atoms. The molecule has 0 aliphatic carbocycles. The zero-order valence-electron chi connectivity index (χ0n) is 18.1. The van der Waals surface area contributed by atoms with Gasteiger partial charge in [0.15, 0.2) is 0 Å². The number of aliphatic hydroxyl groups is 1. The van der Waals surface area contributed by atoms with Crippen LogP contribution in [0.5, 0.6) is 17.2 Å². The normalized spacial score (nSPS) is 12.3. The predicted octanol–water partition coefficient (Wildman–Crippen LogP) is 3.88. The average Bonchev–Trinajstić information content (AvgIpc) is 3.10. The Bertz CT molecular complexity index is 1190. The molecule has 0 radical (unpaired) electrons. The molecule has 4 rings (SSSR count). The number of benzene rings is 3.